The predicted molar refractivity (Wildman–Crippen MR) is 150 cm³/mol. The van der Waals surface area contributed by atoms with Gasteiger partial charge in [-0.1, -0.05) is 73.7 Å². The molecule has 3 unspecified atom stereocenters. The number of hydrogen-bond acceptors (Lipinski definition) is 3. The SMILES string of the molecule is CC1C(c2ccccc2-c2ccc(C#N)cn2)=CC=CC1n1c2ccccc2c2cc(C3CN3)ccc21. The van der Waals surface area contributed by atoms with Gasteiger partial charge in [0, 0.05) is 52.1 Å². The third-order valence-corrected chi connectivity index (χ3v) is 7.84. The highest BCUT2D eigenvalue weighted by molar-refractivity contribution is 6.08. The maximum atomic E-state index is 9.20. The molecule has 1 fully saturated rings. The van der Waals surface area contributed by atoms with Gasteiger partial charge in [-0.3, -0.25) is 4.98 Å². The Hall–Kier alpha value is -4.46. The Bertz CT molecular complexity index is 1760. The van der Waals surface area contributed by atoms with E-state index in [1.54, 1.807) is 6.20 Å². The molecule has 1 aliphatic heterocycles. The first-order valence-corrected chi connectivity index (χ1v) is 12.8. The van der Waals surface area contributed by atoms with E-state index in [-0.39, 0.29) is 12.0 Å². The first-order valence-electron chi connectivity index (χ1n) is 12.8. The fourth-order valence-electron chi connectivity index (χ4n) is 5.85. The van der Waals surface area contributed by atoms with E-state index in [1.165, 1.54) is 38.5 Å². The molecule has 0 radical (unpaired) electrons. The molecule has 2 aromatic heterocycles. The Balaban J connectivity index is 1.34. The third kappa shape index (κ3) is 3.59. The molecule has 1 aliphatic carbocycles. The van der Waals surface area contributed by atoms with E-state index in [9.17, 15) is 5.26 Å². The van der Waals surface area contributed by atoms with Crippen molar-refractivity contribution in [2.75, 3.05) is 6.54 Å². The fourth-order valence-corrected chi connectivity index (χ4v) is 5.85. The minimum absolute atomic E-state index is 0.175. The van der Waals surface area contributed by atoms with Gasteiger partial charge in [-0.2, -0.15) is 5.26 Å². The van der Waals surface area contributed by atoms with E-state index >= 15 is 0 Å². The van der Waals surface area contributed by atoms with Crippen molar-refractivity contribution in [3.8, 4) is 17.3 Å². The fraction of sp³-hybridized carbons (Fsp3) is 0.152. The lowest BCUT2D eigenvalue weighted by atomic mass is 9.82. The van der Waals surface area contributed by atoms with Gasteiger partial charge in [0.15, 0.2) is 0 Å². The van der Waals surface area contributed by atoms with Crippen molar-refractivity contribution in [3.05, 3.63) is 120 Å². The van der Waals surface area contributed by atoms with Crippen molar-refractivity contribution in [2.24, 2.45) is 5.92 Å². The Kier molecular flexibility index (Phi) is 5.06. The Morgan fingerprint density at radius 1 is 0.919 bits per heavy atom. The predicted octanol–water partition coefficient (Wildman–Crippen LogP) is 7.20. The molecule has 4 heteroatoms. The summed E-state index contributed by atoms with van der Waals surface area (Å²) in [6, 6.07) is 30.8. The molecule has 4 nitrogen and oxygen atoms in total. The number of allylic oxidation sites excluding steroid dienone is 4. The molecule has 1 saturated heterocycles. The van der Waals surface area contributed by atoms with Crippen molar-refractivity contribution >= 4 is 27.4 Å². The number of pyridine rings is 1. The molecule has 3 aromatic carbocycles. The quantitative estimate of drug-likeness (QED) is 0.278. The Morgan fingerprint density at radius 3 is 2.49 bits per heavy atom. The molecule has 178 valence electrons. The normalized spacial score (nSPS) is 20.6. The van der Waals surface area contributed by atoms with Crippen LogP contribution >= 0.6 is 0 Å². The zero-order valence-electron chi connectivity index (χ0n) is 20.6. The van der Waals surface area contributed by atoms with Crippen molar-refractivity contribution in [1.29, 1.82) is 5.26 Å². The zero-order valence-corrected chi connectivity index (χ0v) is 20.6. The maximum Gasteiger partial charge on any atom is 0.101 e. The van der Waals surface area contributed by atoms with Crippen molar-refractivity contribution in [1.82, 2.24) is 14.9 Å². The highest BCUT2D eigenvalue weighted by Gasteiger charge is 2.29. The number of nitriles is 1. The van der Waals surface area contributed by atoms with Crippen LogP contribution in [0.3, 0.4) is 0 Å². The highest BCUT2D eigenvalue weighted by Crippen LogP contribution is 2.43. The van der Waals surface area contributed by atoms with E-state index in [0.717, 1.165) is 17.8 Å². The standard InChI is InChI=1S/C33H26N4/c1-21-24(25-7-2-3-8-26(25)29-15-13-22(18-34)19-35-29)10-6-12-31(21)37-32-11-5-4-9-27(32)28-17-23(30-20-36-30)14-16-33(28)37/h2-17,19,21,30-31,36H,20H2,1H3. The molecule has 0 spiro atoms. The monoisotopic (exact) mass is 478 g/mol. The van der Waals surface area contributed by atoms with Gasteiger partial charge in [0.25, 0.3) is 0 Å². The van der Waals surface area contributed by atoms with E-state index < -0.39 is 0 Å². The van der Waals surface area contributed by atoms with Crippen LogP contribution in [0.2, 0.25) is 0 Å². The number of nitrogens with one attached hydrogen (secondary N) is 1. The number of para-hydroxylation sites is 1. The van der Waals surface area contributed by atoms with E-state index in [4.69, 9.17) is 0 Å². The van der Waals surface area contributed by atoms with E-state index in [1.807, 2.05) is 12.1 Å². The summed E-state index contributed by atoms with van der Waals surface area (Å²) in [7, 11) is 0. The molecule has 3 heterocycles. The molecular formula is C33H26N4. The second kappa shape index (κ2) is 8.58. The van der Waals surface area contributed by atoms with Gasteiger partial charge in [-0.25, -0.2) is 0 Å². The van der Waals surface area contributed by atoms with Crippen LogP contribution in [0.5, 0.6) is 0 Å². The van der Waals surface area contributed by atoms with Crippen LogP contribution in [0.1, 0.15) is 35.7 Å². The summed E-state index contributed by atoms with van der Waals surface area (Å²) in [4.78, 5) is 4.60. The lowest BCUT2D eigenvalue weighted by Crippen LogP contribution is -2.19. The van der Waals surface area contributed by atoms with Crippen LogP contribution in [0.25, 0.3) is 38.6 Å². The average molecular weight is 479 g/mol. The van der Waals surface area contributed by atoms with Gasteiger partial charge in [0.1, 0.15) is 6.07 Å². The molecule has 37 heavy (non-hydrogen) atoms. The summed E-state index contributed by atoms with van der Waals surface area (Å²) in [5.74, 6) is 0.244. The summed E-state index contributed by atoms with van der Waals surface area (Å²) < 4.78 is 2.52. The lowest BCUT2D eigenvalue weighted by molar-refractivity contribution is 0.523. The summed E-state index contributed by atoms with van der Waals surface area (Å²) in [6.45, 7) is 3.39. The first-order chi connectivity index (χ1) is 18.2. The summed E-state index contributed by atoms with van der Waals surface area (Å²) in [5, 5.41) is 15.3. The smallest absolute Gasteiger partial charge is 0.101 e. The average Bonchev–Trinajstić information content (AvgIpc) is 3.76. The van der Waals surface area contributed by atoms with Crippen LogP contribution in [0.15, 0.2) is 103 Å². The van der Waals surface area contributed by atoms with Crippen LogP contribution in [-0.2, 0) is 0 Å². The van der Waals surface area contributed by atoms with Gasteiger partial charge in [0.05, 0.1) is 17.3 Å². The van der Waals surface area contributed by atoms with E-state index in [2.05, 4.69) is 113 Å². The van der Waals surface area contributed by atoms with Gasteiger partial charge < -0.3 is 9.88 Å². The Morgan fingerprint density at radius 2 is 1.70 bits per heavy atom. The largest absolute Gasteiger partial charge is 0.333 e. The number of rotatable bonds is 4. The van der Waals surface area contributed by atoms with Crippen molar-refractivity contribution in [2.45, 2.75) is 19.0 Å². The summed E-state index contributed by atoms with van der Waals surface area (Å²) in [6.07, 6.45) is 8.43. The molecule has 0 bridgehead atoms. The third-order valence-electron chi connectivity index (χ3n) is 7.84. The van der Waals surface area contributed by atoms with E-state index in [0.29, 0.717) is 11.6 Å². The number of aromatic nitrogens is 2. The lowest BCUT2D eigenvalue weighted by Gasteiger charge is -2.30. The van der Waals surface area contributed by atoms with Gasteiger partial charge >= 0.3 is 0 Å². The zero-order chi connectivity index (χ0) is 24.9. The number of fused-ring (bicyclic) bond motifs is 3. The molecule has 0 amide bonds. The maximum absolute atomic E-state index is 9.20. The topological polar surface area (TPSA) is 63.5 Å². The second-order valence-corrected chi connectivity index (χ2v) is 10.0. The number of hydrogen-bond donors (Lipinski definition) is 1. The highest BCUT2D eigenvalue weighted by atomic mass is 15.1. The molecule has 7 rings (SSSR count). The van der Waals surface area contributed by atoms with Gasteiger partial charge in [-0.15, -0.1) is 0 Å². The van der Waals surface area contributed by atoms with Gasteiger partial charge in [0.2, 0.25) is 0 Å². The Labute approximate surface area is 216 Å². The summed E-state index contributed by atoms with van der Waals surface area (Å²) in [5.41, 5.74) is 8.92. The van der Waals surface area contributed by atoms with Crippen molar-refractivity contribution < 1.29 is 0 Å². The molecule has 0 saturated carbocycles. The van der Waals surface area contributed by atoms with Crippen LogP contribution in [-0.4, -0.2) is 16.1 Å². The second-order valence-electron chi connectivity index (χ2n) is 10.0. The number of benzene rings is 3. The minimum atomic E-state index is 0.175. The molecule has 1 N–H and O–H groups in total. The van der Waals surface area contributed by atoms with Crippen LogP contribution in [0.4, 0.5) is 0 Å². The first kappa shape index (κ1) is 21.8. The van der Waals surface area contributed by atoms with Crippen molar-refractivity contribution in [3.63, 3.8) is 0 Å². The minimum Gasteiger partial charge on any atom is -0.333 e. The molecule has 5 aromatic rings. The van der Waals surface area contributed by atoms with Gasteiger partial charge in [-0.05, 0) is 47.0 Å². The van der Waals surface area contributed by atoms with Crippen LogP contribution in [0, 0.1) is 17.2 Å². The van der Waals surface area contributed by atoms with Crippen LogP contribution < -0.4 is 5.32 Å². The number of nitrogens with zero attached hydrogens (tertiary/aromatic N) is 3. The summed E-state index contributed by atoms with van der Waals surface area (Å²) >= 11 is 0. The molecule has 2 aliphatic rings. The molecule has 3 atom stereocenters. The molecular weight excluding hydrogens is 452 g/mol.